The van der Waals surface area contributed by atoms with E-state index in [4.69, 9.17) is 9.47 Å². The molecule has 0 rings (SSSR count). The highest BCUT2D eigenvalue weighted by Gasteiger charge is 2.24. The monoisotopic (exact) mass is 862 g/mol. The summed E-state index contributed by atoms with van der Waals surface area (Å²) in [5, 5.41) is 24.5. The first-order valence-corrected chi connectivity index (χ1v) is 27.0. The van der Waals surface area contributed by atoms with E-state index in [9.17, 15) is 28.3 Å². The highest BCUT2D eigenvalue weighted by molar-refractivity contribution is 7.91. The molecule has 0 spiro atoms. The van der Waals surface area contributed by atoms with Gasteiger partial charge in [-0.15, -0.1) is 0 Å². The number of hydrogen-bond acceptors (Lipinski definition) is 8. The van der Waals surface area contributed by atoms with Crippen LogP contribution >= 0.6 is 0 Å². The van der Waals surface area contributed by atoms with Crippen molar-refractivity contribution in [1.82, 2.24) is 5.32 Å². The number of ether oxygens (including phenoxy) is 2. The summed E-state index contributed by atoms with van der Waals surface area (Å²) in [5.74, 6) is -1.08. The van der Waals surface area contributed by atoms with Gasteiger partial charge >= 0.3 is 5.97 Å². The molecule has 0 aromatic rings. The SMILES string of the molecule is CCCCCCCCCOC(O)CCCCCCC[N+](O)(CCCCCCCC(=O)OC(CCCCCCCC)CCCCCCCC)CCCNC(=O)CS(C)(=O)=O. The van der Waals surface area contributed by atoms with Crippen LogP contribution in [0, 0.1) is 0 Å². The second-order valence-corrected chi connectivity index (χ2v) is 19.9. The molecule has 1 amide bonds. The third-order valence-corrected chi connectivity index (χ3v) is 12.3. The third kappa shape index (κ3) is 41.8. The average molecular weight is 862 g/mol. The van der Waals surface area contributed by atoms with Gasteiger partial charge in [0.15, 0.2) is 16.1 Å². The number of aliphatic hydroxyl groups excluding tert-OH is 1. The minimum atomic E-state index is -3.38. The van der Waals surface area contributed by atoms with E-state index in [1.807, 2.05) is 0 Å². The van der Waals surface area contributed by atoms with Crippen molar-refractivity contribution < 1.29 is 42.4 Å². The molecule has 0 aliphatic carbocycles. The summed E-state index contributed by atoms with van der Waals surface area (Å²) in [5.41, 5.74) is 0. The summed E-state index contributed by atoms with van der Waals surface area (Å²) in [4.78, 5) is 24.8. The molecule has 352 valence electrons. The number of carbonyl (C=O) groups excluding carboxylic acids is 2. The van der Waals surface area contributed by atoms with Crippen LogP contribution in [-0.4, -0.2) is 92.4 Å². The number of unbranched alkanes of at least 4 members (excludes halogenated alkanes) is 24. The van der Waals surface area contributed by atoms with Gasteiger partial charge in [0.1, 0.15) is 31.5 Å². The maximum absolute atomic E-state index is 12.8. The lowest BCUT2D eigenvalue weighted by molar-refractivity contribution is -1.10. The molecule has 0 fully saturated rings. The summed E-state index contributed by atoms with van der Waals surface area (Å²) in [6, 6.07) is 0. The van der Waals surface area contributed by atoms with Gasteiger partial charge in [-0.1, -0.05) is 149 Å². The highest BCUT2D eigenvalue weighted by Crippen LogP contribution is 2.19. The zero-order valence-electron chi connectivity index (χ0n) is 39.1. The van der Waals surface area contributed by atoms with Crippen LogP contribution < -0.4 is 5.32 Å². The number of rotatable bonds is 46. The van der Waals surface area contributed by atoms with E-state index in [1.54, 1.807) is 0 Å². The lowest BCUT2D eigenvalue weighted by Gasteiger charge is -2.30. The standard InChI is InChI=1S/C48H96N2O8S/c1-5-8-11-14-17-26-33-43-57-47(52)37-29-22-18-24-31-40-50(54,42-34-39-49-46(51)44-59(4,55)56)41-32-25-19-23-30-38-48(53)58-45(35-27-20-15-12-9-6-2)36-28-21-16-13-10-7-3/h45,47,52,54H,5-44H2,1-4H3/p+1. The van der Waals surface area contributed by atoms with Crippen LogP contribution in [0.25, 0.3) is 0 Å². The van der Waals surface area contributed by atoms with Gasteiger partial charge in [0.2, 0.25) is 5.91 Å². The molecule has 0 aromatic carbocycles. The number of sulfone groups is 1. The molecule has 59 heavy (non-hydrogen) atoms. The van der Waals surface area contributed by atoms with Gasteiger partial charge in [0.05, 0.1) is 0 Å². The Morgan fingerprint density at radius 2 is 0.966 bits per heavy atom. The van der Waals surface area contributed by atoms with Crippen molar-refractivity contribution >= 4 is 21.7 Å². The number of carbonyl (C=O) groups is 2. The highest BCUT2D eigenvalue weighted by atomic mass is 32.2. The van der Waals surface area contributed by atoms with Gasteiger partial charge < -0.3 is 19.9 Å². The smallest absolute Gasteiger partial charge is 0.306 e. The van der Waals surface area contributed by atoms with Gasteiger partial charge in [-0.25, -0.2) is 13.6 Å². The van der Waals surface area contributed by atoms with Crippen LogP contribution in [0.4, 0.5) is 0 Å². The van der Waals surface area contributed by atoms with E-state index < -0.39 is 27.8 Å². The molecular weight excluding hydrogens is 765 g/mol. The Kier molecular flexibility index (Phi) is 39.9. The zero-order valence-corrected chi connectivity index (χ0v) is 40.0. The minimum absolute atomic E-state index is 0.0510. The van der Waals surface area contributed by atoms with Crippen LogP contribution in [-0.2, 0) is 28.9 Å². The first kappa shape index (κ1) is 57.7. The largest absolute Gasteiger partial charge is 0.462 e. The quantitative estimate of drug-likeness (QED) is 0.0181. The fraction of sp³-hybridized carbons (Fsp3) is 0.958. The summed E-state index contributed by atoms with van der Waals surface area (Å²) in [6.07, 6.45) is 37.2. The molecule has 0 saturated carbocycles. The molecule has 0 heterocycles. The van der Waals surface area contributed by atoms with Crippen LogP contribution in [0.2, 0.25) is 0 Å². The molecule has 0 bridgehead atoms. The van der Waals surface area contributed by atoms with Crippen molar-refractivity contribution in [2.24, 2.45) is 0 Å². The minimum Gasteiger partial charge on any atom is -0.462 e. The Hall–Kier alpha value is -1.27. The number of nitrogens with one attached hydrogen (secondary N) is 1. The normalized spacial score (nSPS) is 13.5. The second kappa shape index (κ2) is 40.8. The molecule has 0 aliphatic heterocycles. The molecule has 0 aromatic heterocycles. The van der Waals surface area contributed by atoms with Crippen LogP contribution in [0.1, 0.15) is 239 Å². The number of esters is 1. The molecule has 2 atom stereocenters. The summed E-state index contributed by atoms with van der Waals surface area (Å²) in [6.45, 7) is 9.42. The van der Waals surface area contributed by atoms with Crippen LogP contribution in [0.5, 0.6) is 0 Å². The van der Waals surface area contributed by atoms with Gasteiger partial charge in [-0.3, -0.25) is 9.59 Å². The number of quaternary nitrogens is 1. The first-order chi connectivity index (χ1) is 28.4. The van der Waals surface area contributed by atoms with Crippen molar-refractivity contribution in [2.45, 2.75) is 251 Å². The first-order valence-electron chi connectivity index (χ1n) is 25.0. The second-order valence-electron chi connectivity index (χ2n) is 17.8. The Morgan fingerprint density at radius 3 is 1.46 bits per heavy atom. The third-order valence-electron chi connectivity index (χ3n) is 11.6. The summed E-state index contributed by atoms with van der Waals surface area (Å²) >= 11 is 0. The predicted molar refractivity (Wildman–Crippen MR) is 245 cm³/mol. The molecule has 11 heteroatoms. The predicted octanol–water partition coefficient (Wildman–Crippen LogP) is 11.9. The Bertz CT molecular complexity index is 1050. The number of hydroxylamine groups is 3. The number of aliphatic hydroxyl groups is 1. The zero-order chi connectivity index (χ0) is 43.7. The van der Waals surface area contributed by atoms with Crippen LogP contribution in [0.15, 0.2) is 0 Å². The number of amides is 1. The Balaban J connectivity index is 4.58. The maximum Gasteiger partial charge on any atom is 0.306 e. The van der Waals surface area contributed by atoms with Crippen molar-refractivity contribution in [2.75, 3.05) is 44.8 Å². The van der Waals surface area contributed by atoms with Crippen LogP contribution in [0.3, 0.4) is 0 Å². The Morgan fingerprint density at radius 1 is 0.559 bits per heavy atom. The lowest BCUT2D eigenvalue weighted by atomic mass is 10.0. The van der Waals surface area contributed by atoms with Crippen molar-refractivity contribution in [3.05, 3.63) is 0 Å². The van der Waals surface area contributed by atoms with E-state index in [1.165, 1.54) is 96.3 Å². The molecule has 10 nitrogen and oxygen atoms in total. The van der Waals surface area contributed by atoms with E-state index in [-0.39, 0.29) is 16.7 Å². The van der Waals surface area contributed by atoms with Gasteiger partial charge in [0, 0.05) is 32.2 Å². The molecule has 0 saturated heterocycles. The van der Waals surface area contributed by atoms with E-state index in [0.29, 0.717) is 52.0 Å². The van der Waals surface area contributed by atoms with Crippen molar-refractivity contribution in [3.8, 4) is 0 Å². The van der Waals surface area contributed by atoms with Gasteiger partial charge in [-0.2, -0.15) is 4.65 Å². The fourth-order valence-electron chi connectivity index (χ4n) is 7.86. The maximum atomic E-state index is 12.8. The molecule has 2 unspecified atom stereocenters. The molecular formula is C48H97N2O8S+. The molecule has 0 radical (unpaired) electrons. The van der Waals surface area contributed by atoms with E-state index in [0.717, 1.165) is 109 Å². The van der Waals surface area contributed by atoms with Crippen molar-refractivity contribution in [1.29, 1.82) is 0 Å². The Labute approximate surface area is 364 Å². The fourth-order valence-corrected chi connectivity index (χ4v) is 8.44. The van der Waals surface area contributed by atoms with E-state index >= 15 is 0 Å². The topological polar surface area (TPSA) is 139 Å². The summed E-state index contributed by atoms with van der Waals surface area (Å²) in [7, 11) is -3.38. The lowest BCUT2D eigenvalue weighted by Crippen LogP contribution is -2.48. The number of hydrogen-bond donors (Lipinski definition) is 3. The van der Waals surface area contributed by atoms with E-state index in [2.05, 4.69) is 26.1 Å². The summed E-state index contributed by atoms with van der Waals surface area (Å²) < 4.78 is 34.5. The average Bonchev–Trinajstić information content (AvgIpc) is 3.18. The molecule has 0 aliphatic rings. The van der Waals surface area contributed by atoms with Gasteiger partial charge in [0.25, 0.3) is 0 Å². The van der Waals surface area contributed by atoms with Crippen molar-refractivity contribution in [3.63, 3.8) is 0 Å². The molecule has 3 N–H and O–H groups in total. The number of nitrogens with zero attached hydrogens (tertiary/aromatic N) is 1. The van der Waals surface area contributed by atoms with Gasteiger partial charge in [-0.05, 0) is 77.0 Å².